The van der Waals surface area contributed by atoms with E-state index in [1.165, 1.54) is 0 Å². The van der Waals surface area contributed by atoms with Crippen LogP contribution in [0.5, 0.6) is 0 Å². The van der Waals surface area contributed by atoms with Gasteiger partial charge in [0.1, 0.15) is 18.0 Å². The lowest BCUT2D eigenvalue weighted by atomic mass is 9.47. The van der Waals surface area contributed by atoms with Crippen LogP contribution in [0.25, 0.3) is 0 Å². The summed E-state index contributed by atoms with van der Waals surface area (Å²) >= 11 is 0. The number of hydrogen-bond donors (Lipinski definition) is 2. The van der Waals surface area contributed by atoms with Crippen molar-refractivity contribution in [2.24, 2.45) is 22.7 Å². The van der Waals surface area contributed by atoms with E-state index < -0.39 is 28.5 Å². The predicted octanol–water partition coefficient (Wildman–Crippen LogP) is 0.667. The quantitative estimate of drug-likeness (QED) is 0.638. The number of ether oxygens (including phenoxy) is 1. The van der Waals surface area contributed by atoms with E-state index in [2.05, 4.69) is 0 Å². The third-order valence-corrected chi connectivity index (χ3v) is 6.55. The van der Waals surface area contributed by atoms with Gasteiger partial charge in [-0.15, -0.1) is 0 Å². The number of Topliss-reactive ketones (excluding diaryl/α,β-unsaturated/α-hetero) is 1. The van der Waals surface area contributed by atoms with Gasteiger partial charge in [0.25, 0.3) is 0 Å². The molecular formula is C15H22O5. The molecule has 0 amide bonds. The minimum atomic E-state index is -1.45. The molecule has 2 saturated carbocycles. The van der Waals surface area contributed by atoms with Gasteiger partial charge in [-0.25, -0.2) is 0 Å². The summed E-state index contributed by atoms with van der Waals surface area (Å²) in [7, 11) is 0. The number of hydrogen-bond acceptors (Lipinski definition) is 5. The summed E-state index contributed by atoms with van der Waals surface area (Å²) in [5.41, 5.74) is -3.27. The van der Waals surface area contributed by atoms with E-state index in [9.17, 15) is 19.8 Å². The summed E-state index contributed by atoms with van der Waals surface area (Å²) in [6, 6.07) is 0. The molecule has 0 unspecified atom stereocenters. The maximum absolute atomic E-state index is 12.4. The summed E-state index contributed by atoms with van der Waals surface area (Å²) in [6.45, 7) is 5.42. The van der Waals surface area contributed by atoms with Crippen molar-refractivity contribution in [2.75, 3.05) is 6.61 Å². The number of carbonyl (C=O) groups is 2. The third-order valence-electron chi connectivity index (χ3n) is 6.55. The van der Waals surface area contributed by atoms with Crippen molar-refractivity contribution >= 4 is 11.8 Å². The van der Waals surface area contributed by atoms with Crippen molar-refractivity contribution in [1.29, 1.82) is 0 Å². The Balaban J connectivity index is 2.27. The smallest absolute Gasteiger partial charge is 0.306 e. The number of rotatable bonds is 0. The Bertz CT molecular complexity index is 489. The Kier molecular flexibility index (Phi) is 2.68. The summed E-state index contributed by atoms with van der Waals surface area (Å²) in [6.07, 6.45) is -0.351. The topological polar surface area (TPSA) is 83.8 Å². The molecule has 0 aromatic carbocycles. The predicted molar refractivity (Wildman–Crippen MR) is 69.6 cm³/mol. The SMILES string of the molecule is C[C@@H]1C[C@H](O)[C@@]2(O)[C@]13CC(=O)OC[C@]2(C)[C@@H](C)C(=O)C3. The van der Waals surface area contributed by atoms with Gasteiger partial charge in [-0.1, -0.05) is 20.8 Å². The molecule has 5 nitrogen and oxygen atoms in total. The van der Waals surface area contributed by atoms with Gasteiger partial charge >= 0.3 is 5.97 Å². The standard InChI is InChI=1S/C15H22O5/c1-8-4-11(17)15(19)13(3)7-20-12(18)6-14(8,15)5-10(16)9(13)2/h8-9,11,17,19H,4-7H2,1-3H3/t8-,9+,11+,13-,14-,15+/m1/s1. The minimum Gasteiger partial charge on any atom is -0.465 e. The first kappa shape index (κ1) is 14.0. The number of ketones is 1. The molecule has 2 bridgehead atoms. The first-order chi connectivity index (χ1) is 9.19. The second kappa shape index (κ2) is 3.83. The van der Waals surface area contributed by atoms with Crippen LogP contribution in [0.3, 0.4) is 0 Å². The normalized spacial score (nSPS) is 55.1. The molecule has 1 saturated heterocycles. The monoisotopic (exact) mass is 282 g/mol. The second-order valence-electron chi connectivity index (χ2n) is 7.19. The molecule has 3 aliphatic rings. The number of cyclic esters (lactones) is 1. The highest BCUT2D eigenvalue weighted by Crippen LogP contribution is 2.67. The second-order valence-corrected chi connectivity index (χ2v) is 7.19. The molecule has 0 aromatic rings. The lowest BCUT2D eigenvalue weighted by Crippen LogP contribution is -2.69. The average Bonchev–Trinajstić information content (AvgIpc) is 2.52. The Morgan fingerprint density at radius 2 is 1.90 bits per heavy atom. The fraction of sp³-hybridized carbons (Fsp3) is 0.867. The zero-order valence-electron chi connectivity index (χ0n) is 12.2. The van der Waals surface area contributed by atoms with Gasteiger partial charge < -0.3 is 14.9 Å². The van der Waals surface area contributed by atoms with Crippen molar-refractivity contribution in [1.82, 2.24) is 0 Å². The van der Waals surface area contributed by atoms with Gasteiger partial charge in [-0.3, -0.25) is 9.59 Å². The largest absolute Gasteiger partial charge is 0.465 e. The molecule has 112 valence electrons. The first-order valence-electron chi connectivity index (χ1n) is 7.28. The van der Waals surface area contributed by atoms with Crippen LogP contribution in [0.4, 0.5) is 0 Å². The fourth-order valence-corrected chi connectivity index (χ4v) is 4.99. The van der Waals surface area contributed by atoms with Crippen molar-refractivity contribution in [3.8, 4) is 0 Å². The molecule has 5 heteroatoms. The van der Waals surface area contributed by atoms with E-state index in [4.69, 9.17) is 4.74 Å². The van der Waals surface area contributed by atoms with Crippen molar-refractivity contribution in [2.45, 2.75) is 51.7 Å². The Labute approximate surface area is 118 Å². The van der Waals surface area contributed by atoms with Gasteiger partial charge in [-0.05, 0) is 12.3 Å². The average molecular weight is 282 g/mol. The summed E-state index contributed by atoms with van der Waals surface area (Å²) < 4.78 is 5.27. The summed E-state index contributed by atoms with van der Waals surface area (Å²) in [5.74, 6) is -0.859. The lowest BCUT2D eigenvalue weighted by molar-refractivity contribution is -0.235. The van der Waals surface area contributed by atoms with Gasteiger partial charge in [0.05, 0.1) is 12.5 Å². The van der Waals surface area contributed by atoms with Crippen molar-refractivity contribution < 1.29 is 24.5 Å². The molecule has 3 rings (SSSR count). The highest BCUT2D eigenvalue weighted by atomic mass is 16.5. The van der Waals surface area contributed by atoms with Crippen LogP contribution in [-0.4, -0.2) is 40.3 Å². The van der Waals surface area contributed by atoms with E-state index >= 15 is 0 Å². The lowest BCUT2D eigenvalue weighted by Gasteiger charge is -2.58. The van der Waals surface area contributed by atoms with Crippen molar-refractivity contribution in [3.05, 3.63) is 0 Å². The molecule has 0 radical (unpaired) electrons. The van der Waals surface area contributed by atoms with Crippen LogP contribution in [0, 0.1) is 22.7 Å². The molecule has 0 aromatic heterocycles. The number of aliphatic hydroxyl groups is 2. The third kappa shape index (κ3) is 1.26. The highest BCUT2D eigenvalue weighted by molar-refractivity contribution is 5.86. The minimum absolute atomic E-state index is 0.00970. The van der Waals surface area contributed by atoms with Gasteiger partial charge in [0.2, 0.25) is 0 Å². The molecule has 1 heterocycles. The molecule has 3 fully saturated rings. The van der Waals surface area contributed by atoms with Crippen molar-refractivity contribution in [3.63, 3.8) is 0 Å². The molecule has 6 atom stereocenters. The Morgan fingerprint density at radius 1 is 1.25 bits per heavy atom. The van der Waals surface area contributed by atoms with Gasteiger partial charge in [0.15, 0.2) is 0 Å². The summed E-state index contributed by atoms with van der Waals surface area (Å²) in [4.78, 5) is 24.4. The molecule has 20 heavy (non-hydrogen) atoms. The van der Waals surface area contributed by atoms with Crippen LogP contribution in [0.2, 0.25) is 0 Å². The van der Waals surface area contributed by atoms with Crippen LogP contribution >= 0.6 is 0 Å². The van der Waals surface area contributed by atoms with Gasteiger partial charge in [0, 0.05) is 23.2 Å². The van der Waals surface area contributed by atoms with E-state index in [1.807, 2.05) is 6.92 Å². The molecule has 1 aliphatic heterocycles. The fourth-order valence-electron chi connectivity index (χ4n) is 4.99. The summed E-state index contributed by atoms with van der Waals surface area (Å²) in [5, 5.41) is 21.9. The maximum Gasteiger partial charge on any atom is 0.306 e. The highest BCUT2D eigenvalue weighted by Gasteiger charge is 2.76. The molecule has 2 aliphatic carbocycles. The van der Waals surface area contributed by atoms with Gasteiger partial charge in [-0.2, -0.15) is 0 Å². The zero-order chi connectivity index (χ0) is 14.9. The molecule has 2 N–H and O–H groups in total. The van der Waals surface area contributed by atoms with Crippen LogP contribution in [0.15, 0.2) is 0 Å². The van der Waals surface area contributed by atoms with E-state index in [0.717, 1.165) is 0 Å². The zero-order valence-corrected chi connectivity index (χ0v) is 12.2. The van der Waals surface area contributed by atoms with E-state index in [1.54, 1.807) is 13.8 Å². The molecular weight excluding hydrogens is 260 g/mol. The number of aliphatic hydroxyl groups excluding tert-OH is 1. The van der Waals surface area contributed by atoms with E-state index in [-0.39, 0.29) is 37.1 Å². The van der Waals surface area contributed by atoms with Crippen LogP contribution in [-0.2, 0) is 14.3 Å². The number of carbonyl (C=O) groups excluding carboxylic acids is 2. The van der Waals surface area contributed by atoms with Crippen LogP contribution < -0.4 is 0 Å². The molecule has 0 spiro atoms. The Hall–Kier alpha value is -0.940. The first-order valence-corrected chi connectivity index (χ1v) is 7.28. The Morgan fingerprint density at radius 3 is 2.55 bits per heavy atom. The number of esters is 1. The van der Waals surface area contributed by atoms with Crippen LogP contribution in [0.1, 0.15) is 40.0 Å². The van der Waals surface area contributed by atoms with E-state index in [0.29, 0.717) is 6.42 Å². The maximum atomic E-state index is 12.4.